The molecule has 4 heterocycles. The number of nitrogens with two attached hydrogens (primary N) is 2. The maximum Gasteiger partial charge on any atom is 0.416 e. The highest BCUT2D eigenvalue weighted by Gasteiger charge is 2.58. The summed E-state index contributed by atoms with van der Waals surface area (Å²) in [4.78, 5) is 22.2. The molecule has 2 unspecified atom stereocenters. The predicted octanol–water partition coefficient (Wildman–Crippen LogP) is 9.90. The van der Waals surface area contributed by atoms with E-state index in [4.69, 9.17) is 11.5 Å². The number of piperazine rings is 2. The standard InChI is InChI=1S/C49H48F14N8O/c50-37-7-9-39(31(21-37)25-64)44(68-13-3-1-5-41(68)29-17-33(46(52,53)54)23-34(18-29)47(55,56)57)27-66-11-15-70(44)43(72)71-16-12-67-28-45(71,40-10-8-38(51)22-32(40)26-65)69-14-4-2-6-42(69)30-19-35(48(58,59)60)24-36(20-30)49(61,62)63/h1-4,7-10,17-24,41-42,66-67H,5-6,11-16,25-28,64-65H2/t41?,42?,44-,45-/m1/s1. The van der Waals surface area contributed by atoms with Crippen molar-refractivity contribution in [2.45, 2.75) is 74.0 Å². The van der Waals surface area contributed by atoms with E-state index in [2.05, 4.69) is 10.6 Å². The van der Waals surface area contributed by atoms with Crippen LogP contribution in [0.25, 0.3) is 0 Å². The number of hydrogen-bond donors (Lipinski definition) is 4. The van der Waals surface area contributed by atoms with Gasteiger partial charge in [-0.25, -0.2) is 13.6 Å². The molecule has 0 aliphatic carbocycles. The average molecular weight is 1030 g/mol. The van der Waals surface area contributed by atoms with Gasteiger partial charge in [-0.1, -0.05) is 36.4 Å². The Bertz CT molecular complexity index is 2480. The molecule has 2 fully saturated rings. The summed E-state index contributed by atoms with van der Waals surface area (Å²) in [5.74, 6) is -1.53. The van der Waals surface area contributed by atoms with E-state index in [0.29, 0.717) is 24.3 Å². The molecule has 72 heavy (non-hydrogen) atoms. The minimum atomic E-state index is -5.24. The molecule has 9 nitrogen and oxygen atoms in total. The van der Waals surface area contributed by atoms with E-state index in [1.807, 2.05) is 0 Å². The Hall–Kier alpha value is -5.59. The number of carbonyl (C=O) groups is 1. The Morgan fingerprint density at radius 1 is 0.528 bits per heavy atom. The van der Waals surface area contributed by atoms with Gasteiger partial charge >= 0.3 is 30.7 Å². The molecule has 0 saturated carbocycles. The number of benzene rings is 4. The zero-order valence-electron chi connectivity index (χ0n) is 38.0. The molecular weight excluding hydrogens is 983 g/mol. The van der Waals surface area contributed by atoms with Gasteiger partial charge in [0.05, 0.1) is 22.3 Å². The molecule has 4 atom stereocenters. The molecule has 4 aromatic rings. The lowest BCUT2D eigenvalue weighted by Gasteiger charge is -2.61. The van der Waals surface area contributed by atoms with Gasteiger partial charge in [-0.2, -0.15) is 52.7 Å². The van der Waals surface area contributed by atoms with Gasteiger partial charge in [0.1, 0.15) is 23.0 Å². The summed E-state index contributed by atoms with van der Waals surface area (Å²) in [5, 5.41) is 6.45. The number of urea groups is 1. The molecule has 6 N–H and O–H groups in total. The molecule has 23 heteroatoms. The van der Waals surface area contributed by atoms with Crippen LogP contribution < -0.4 is 22.1 Å². The second kappa shape index (κ2) is 19.7. The van der Waals surface area contributed by atoms with Gasteiger partial charge in [0, 0.05) is 77.5 Å². The topological polar surface area (TPSA) is 106 Å². The molecule has 388 valence electrons. The zero-order valence-corrected chi connectivity index (χ0v) is 38.0. The number of hydrogen-bond acceptors (Lipinski definition) is 7. The van der Waals surface area contributed by atoms with Crippen LogP contribution in [0.1, 0.15) is 80.6 Å². The monoisotopic (exact) mass is 1030 g/mol. The normalized spacial score (nSPS) is 24.0. The van der Waals surface area contributed by atoms with Crippen molar-refractivity contribution in [3.63, 3.8) is 0 Å². The number of rotatable bonds is 8. The first kappa shape index (κ1) is 52.7. The number of amides is 2. The lowest BCUT2D eigenvalue weighted by Crippen LogP contribution is -2.75. The van der Waals surface area contributed by atoms with E-state index >= 15 is 13.6 Å². The molecule has 0 bridgehead atoms. The fourth-order valence-corrected chi connectivity index (χ4v) is 10.8. The predicted molar refractivity (Wildman–Crippen MR) is 236 cm³/mol. The third kappa shape index (κ3) is 9.82. The Kier molecular flexibility index (Phi) is 14.4. The van der Waals surface area contributed by atoms with Crippen LogP contribution >= 0.6 is 0 Å². The fourth-order valence-electron chi connectivity index (χ4n) is 10.8. The van der Waals surface area contributed by atoms with Crippen LogP contribution in [0.4, 0.5) is 66.3 Å². The first-order valence-corrected chi connectivity index (χ1v) is 22.8. The highest BCUT2D eigenvalue weighted by molar-refractivity contribution is 5.78. The Balaban J connectivity index is 1.38. The van der Waals surface area contributed by atoms with E-state index in [1.165, 1.54) is 21.9 Å². The van der Waals surface area contributed by atoms with Crippen molar-refractivity contribution in [1.82, 2.24) is 30.2 Å². The molecule has 4 aliphatic rings. The smallest absolute Gasteiger partial charge is 0.326 e. The highest BCUT2D eigenvalue weighted by Crippen LogP contribution is 2.50. The quantitative estimate of drug-likeness (QED) is 0.103. The Labute approximate surface area is 404 Å². The summed E-state index contributed by atoms with van der Waals surface area (Å²) >= 11 is 0. The molecular formula is C49H48F14N8O. The van der Waals surface area contributed by atoms with Crippen molar-refractivity contribution in [1.29, 1.82) is 0 Å². The maximum absolute atomic E-state index is 16.5. The number of halogens is 14. The third-order valence-corrected chi connectivity index (χ3v) is 13.9. The molecule has 2 amide bonds. The Morgan fingerprint density at radius 2 is 0.875 bits per heavy atom. The lowest BCUT2D eigenvalue weighted by molar-refractivity contribution is -0.144. The molecule has 0 radical (unpaired) electrons. The van der Waals surface area contributed by atoms with Crippen LogP contribution in [-0.4, -0.2) is 78.0 Å². The largest absolute Gasteiger partial charge is 0.416 e. The van der Waals surface area contributed by atoms with Crippen LogP contribution in [0, 0.1) is 11.6 Å². The van der Waals surface area contributed by atoms with Crippen LogP contribution in [0.15, 0.2) is 97.1 Å². The zero-order chi connectivity index (χ0) is 52.2. The summed E-state index contributed by atoms with van der Waals surface area (Å²) in [7, 11) is 0. The van der Waals surface area contributed by atoms with E-state index in [-0.39, 0.29) is 113 Å². The third-order valence-electron chi connectivity index (χ3n) is 13.9. The molecule has 2 saturated heterocycles. The van der Waals surface area contributed by atoms with E-state index in [9.17, 15) is 52.7 Å². The summed E-state index contributed by atoms with van der Waals surface area (Å²) in [6.45, 7) is -2.17. The van der Waals surface area contributed by atoms with Gasteiger partial charge in [-0.3, -0.25) is 19.6 Å². The van der Waals surface area contributed by atoms with Crippen LogP contribution in [0.2, 0.25) is 0 Å². The lowest BCUT2D eigenvalue weighted by atomic mass is 9.83. The maximum atomic E-state index is 16.5. The van der Waals surface area contributed by atoms with Crippen LogP contribution in [0.3, 0.4) is 0 Å². The van der Waals surface area contributed by atoms with E-state index in [0.717, 1.165) is 24.3 Å². The van der Waals surface area contributed by atoms with Gasteiger partial charge in [0.25, 0.3) is 0 Å². The van der Waals surface area contributed by atoms with E-state index in [1.54, 1.807) is 34.1 Å². The average Bonchev–Trinajstić information content (AvgIpc) is 3.34. The molecule has 8 rings (SSSR count). The van der Waals surface area contributed by atoms with Crippen molar-refractivity contribution in [2.24, 2.45) is 11.5 Å². The van der Waals surface area contributed by atoms with E-state index < -0.39 is 99.2 Å². The molecule has 4 aliphatic heterocycles. The number of nitrogens with zero attached hydrogens (tertiary/aromatic N) is 4. The van der Waals surface area contributed by atoms with Crippen molar-refractivity contribution in [2.75, 3.05) is 52.4 Å². The molecule has 0 aromatic heterocycles. The van der Waals surface area contributed by atoms with Crippen LogP contribution in [0.5, 0.6) is 0 Å². The number of alkyl halides is 12. The summed E-state index contributed by atoms with van der Waals surface area (Å²) < 4.78 is 204. The summed E-state index contributed by atoms with van der Waals surface area (Å²) in [6, 6.07) is 5.76. The van der Waals surface area contributed by atoms with Crippen molar-refractivity contribution in [3.05, 3.63) is 164 Å². The second-order valence-corrected chi connectivity index (χ2v) is 18.0. The molecule has 0 spiro atoms. The van der Waals surface area contributed by atoms with Crippen molar-refractivity contribution < 1.29 is 66.3 Å². The first-order valence-electron chi connectivity index (χ1n) is 22.8. The Morgan fingerprint density at radius 3 is 1.19 bits per heavy atom. The summed E-state index contributed by atoms with van der Waals surface area (Å²) in [6.07, 6.45) is -15.0. The minimum absolute atomic E-state index is 0.00581. The highest BCUT2D eigenvalue weighted by atomic mass is 19.4. The fraction of sp³-hybridized carbons (Fsp3) is 0.408. The van der Waals surface area contributed by atoms with Gasteiger partial charge in [0.15, 0.2) is 0 Å². The number of carbonyl (C=O) groups excluding carboxylic acids is 1. The molecule has 4 aromatic carbocycles. The van der Waals surface area contributed by atoms with Gasteiger partial charge in [-0.15, -0.1) is 0 Å². The van der Waals surface area contributed by atoms with Crippen molar-refractivity contribution in [3.8, 4) is 0 Å². The van der Waals surface area contributed by atoms with Gasteiger partial charge < -0.3 is 22.1 Å². The minimum Gasteiger partial charge on any atom is -0.326 e. The first-order chi connectivity index (χ1) is 33.8. The van der Waals surface area contributed by atoms with Gasteiger partial charge in [0.2, 0.25) is 0 Å². The SMILES string of the molecule is NCc1cc(F)ccc1[C@@]1(N2CC=CCC2c2cc(C(F)(F)F)cc(C(F)(F)F)c2)CNCCN1C(=O)N1CCNC[C@@]1(c1ccc(F)cc1CN)N1CC=CCC1c1cc(C(F)(F)F)cc(C(F)(F)F)c1. The van der Waals surface area contributed by atoms with Crippen LogP contribution in [-0.2, 0) is 49.1 Å². The van der Waals surface area contributed by atoms with Gasteiger partial charge in [-0.05, 0) is 107 Å². The van der Waals surface area contributed by atoms with Crippen molar-refractivity contribution >= 4 is 6.03 Å². The second-order valence-electron chi connectivity index (χ2n) is 18.0. The number of nitrogens with one attached hydrogen (secondary N) is 2. The summed E-state index contributed by atoms with van der Waals surface area (Å²) in [5.41, 5.74) is 1.91.